The third-order valence-electron chi connectivity index (χ3n) is 4.72. The van der Waals surface area contributed by atoms with Crippen LogP contribution >= 0.6 is 0 Å². The van der Waals surface area contributed by atoms with Crippen LogP contribution in [-0.2, 0) is 6.54 Å². The average Bonchev–Trinajstić information content (AvgIpc) is 2.87. The number of fused-ring (bicyclic) bond motifs is 1. The van der Waals surface area contributed by atoms with Gasteiger partial charge in [-0.1, -0.05) is 19.3 Å². The molecule has 4 nitrogen and oxygen atoms in total. The number of carboxylic acid groups (broad SMARTS) is 1. The van der Waals surface area contributed by atoms with E-state index in [-0.39, 0.29) is 0 Å². The molecule has 2 aliphatic rings. The van der Waals surface area contributed by atoms with Gasteiger partial charge in [-0.2, -0.15) is 0 Å². The Morgan fingerprint density at radius 3 is 2.89 bits per heavy atom. The molecule has 0 spiro atoms. The van der Waals surface area contributed by atoms with Gasteiger partial charge in [0, 0.05) is 6.54 Å². The minimum atomic E-state index is -0.892. The SMILES string of the molecule is O=C(O)c1ccoc1CN1CCC2CCCCC2C1. The smallest absolute Gasteiger partial charge is 0.339 e. The van der Waals surface area contributed by atoms with Crippen molar-refractivity contribution in [3.63, 3.8) is 0 Å². The summed E-state index contributed by atoms with van der Waals surface area (Å²) < 4.78 is 5.34. The van der Waals surface area contributed by atoms with Crippen molar-refractivity contribution in [3.05, 3.63) is 23.7 Å². The molecule has 2 heterocycles. The number of hydrogen-bond acceptors (Lipinski definition) is 3. The normalized spacial score (nSPS) is 28.0. The van der Waals surface area contributed by atoms with E-state index in [1.807, 2.05) is 0 Å². The highest BCUT2D eigenvalue weighted by Crippen LogP contribution is 2.36. The summed E-state index contributed by atoms with van der Waals surface area (Å²) in [5, 5.41) is 9.09. The second-order valence-electron chi connectivity index (χ2n) is 5.89. The lowest BCUT2D eigenvalue weighted by Gasteiger charge is -2.41. The zero-order valence-corrected chi connectivity index (χ0v) is 11.2. The lowest BCUT2D eigenvalue weighted by molar-refractivity contribution is 0.0673. The molecule has 1 aromatic heterocycles. The van der Waals surface area contributed by atoms with Gasteiger partial charge in [-0.3, -0.25) is 4.90 Å². The summed E-state index contributed by atoms with van der Waals surface area (Å²) in [6.45, 7) is 2.81. The molecule has 0 radical (unpaired) electrons. The zero-order chi connectivity index (χ0) is 13.2. The van der Waals surface area contributed by atoms with Crippen LogP contribution in [0.5, 0.6) is 0 Å². The first-order valence-corrected chi connectivity index (χ1v) is 7.26. The molecule has 2 fully saturated rings. The van der Waals surface area contributed by atoms with Crippen LogP contribution in [-0.4, -0.2) is 29.1 Å². The number of carbonyl (C=O) groups is 1. The molecular formula is C15H21NO3. The van der Waals surface area contributed by atoms with Crippen molar-refractivity contribution in [1.29, 1.82) is 0 Å². The third kappa shape index (κ3) is 2.68. The highest BCUT2D eigenvalue weighted by atomic mass is 16.4. The largest absolute Gasteiger partial charge is 0.478 e. The first-order valence-electron chi connectivity index (χ1n) is 7.26. The van der Waals surface area contributed by atoms with E-state index in [0.717, 1.165) is 24.9 Å². The van der Waals surface area contributed by atoms with E-state index in [4.69, 9.17) is 9.52 Å². The summed E-state index contributed by atoms with van der Waals surface area (Å²) in [5.41, 5.74) is 0.311. The Hall–Kier alpha value is -1.29. The molecule has 104 valence electrons. The molecule has 19 heavy (non-hydrogen) atoms. The highest BCUT2D eigenvalue weighted by Gasteiger charge is 2.31. The molecular weight excluding hydrogens is 242 g/mol. The van der Waals surface area contributed by atoms with Gasteiger partial charge < -0.3 is 9.52 Å². The lowest BCUT2D eigenvalue weighted by atomic mass is 9.75. The quantitative estimate of drug-likeness (QED) is 0.910. The van der Waals surface area contributed by atoms with E-state index in [2.05, 4.69) is 4.90 Å². The summed E-state index contributed by atoms with van der Waals surface area (Å²) in [6, 6.07) is 1.55. The van der Waals surface area contributed by atoms with Gasteiger partial charge in [0.1, 0.15) is 11.3 Å². The Kier molecular flexibility index (Phi) is 3.60. The van der Waals surface area contributed by atoms with Crippen LogP contribution in [0.2, 0.25) is 0 Å². The standard InChI is InChI=1S/C15H21NO3/c17-15(18)13-6-8-19-14(13)10-16-7-5-11-3-1-2-4-12(11)9-16/h6,8,11-12H,1-5,7,9-10H2,(H,17,18). The summed E-state index contributed by atoms with van der Waals surface area (Å²) in [6.07, 6.45) is 8.21. The zero-order valence-electron chi connectivity index (χ0n) is 11.2. The summed E-state index contributed by atoms with van der Waals surface area (Å²) >= 11 is 0. The molecule has 1 aliphatic heterocycles. The number of furan rings is 1. The molecule has 2 atom stereocenters. The molecule has 4 heteroatoms. The number of hydrogen-bond donors (Lipinski definition) is 1. The van der Waals surface area contributed by atoms with Gasteiger partial charge in [0.25, 0.3) is 0 Å². The van der Waals surface area contributed by atoms with E-state index in [1.54, 1.807) is 6.07 Å². The van der Waals surface area contributed by atoms with Crippen molar-refractivity contribution in [2.24, 2.45) is 11.8 Å². The molecule has 0 aromatic carbocycles. The number of piperidine rings is 1. The predicted molar refractivity (Wildman–Crippen MR) is 71.0 cm³/mol. The van der Waals surface area contributed by atoms with Crippen LogP contribution in [0.4, 0.5) is 0 Å². The monoisotopic (exact) mass is 263 g/mol. The van der Waals surface area contributed by atoms with Crippen molar-refractivity contribution in [3.8, 4) is 0 Å². The van der Waals surface area contributed by atoms with Crippen LogP contribution < -0.4 is 0 Å². The van der Waals surface area contributed by atoms with E-state index >= 15 is 0 Å². The number of nitrogens with zero attached hydrogens (tertiary/aromatic N) is 1. The lowest BCUT2D eigenvalue weighted by Crippen LogP contribution is -2.41. The number of rotatable bonds is 3. The van der Waals surface area contributed by atoms with E-state index < -0.39 is 5.97 Å². The highest BCUT2D eigenvalue weighted by molar-refractivity contribution is 5.88. The Morgan fingerprint density at radius 1 is 1.32 bits per heavy atom. The van der Waals surface area contributed by atoms with Gasteiger partial charge in [0.2, 0.25) is 0 Å². The topological polar surface area (TPSA) is 53.7 Å². The molecule has 0 bridgehead atoms. The second kappa shape index (κ2) is 5.37. The third-order valence-corrected chi connectivity index (χ3v) is 4.72. The van der Waals surface area contributed by atoms with Crippen molar-refractivity contribution in [2.75, 3.05) is 13.1 Å². The molecule has 1 saturated carbocycles. The average molecular weight is 263 g/mol. The first-order chi connectivity index (χ1) is 9.24. The van der Waals surface area contributed by atoms with Gasteiger partial charge in [-0.25, -0.2) is 4.79 Å². The van der Waals surface area contributed by atoms with Crippen molar-refractivity contribution >= 4 is 5.97 Å². The molecule has 3 rings (SSSR count). The number of carboxylic acids is 1. The molecule has 1 saturated heterocycles. The van der Waals surface area contributed by atoms with E-state index in [9.17, 15) is 4.79 Å². The minimum absolute atomic E-state index is 0.311. The van der Waals surface area contributed by atoms with E-state index in [1.165, 1.54) is 38.4 Å². The molecule has 0 amide bonds. The molecule has 1 aromatic rings. The Labute approximate surface area is 113 Å². The summed E-state index contributed by atoms with van der Waals surface area (Å²) in [7, 11) is 0. The second-order valence-corrected chi connectivity index (χ2v) is 5.89. The maximum Gasteiger partial charge on any atom is 0.339 e. The maximum absolute atomic E-state index is 11.1. The van der Waals surface area contributed by atoms with Crippen molar-refractivity contribution in [2.45, 2.75) is 38.6 Å². The molecule has 1 N–H and O–H groups in total. The fourth-order valence-corrected chi connectivity index (χ4v) is 3.68. The van der Waals surface area contributed by atoms with Gasteiger partial charge in [-0.05, 0) is 37.3 Å². The van der Waals surface area contributed by atoms with Crippen LogP contribution in [0.1, 0.15) is 48.2 Å². The Morgan fingerprint density at radius 2 is 2.11 bits per heavy atom. The fourth-order valence-electron chi connectivity index (χ4n) is 3.68. The summed E-state index contributed by atoms with van der Waals surface area (Å²) in [5.74, 6) is 1.42. The first kappa shape index (κ1) is 12.7. The van der Waals surface area contributed by atoms with Crippen LogP contribution in [0.15, 0.2) is 16.7 Å². The molecule has 1 aliphatic carbocycles. The van der Waals surface area contributed by atoms with Gasteiger partial charge in [0.05, 0.1) is 12.8 Å². The van der Waals surface area contributed by atoms with Gasteiger partial charge in [-0.15, -0.1) is 0 Å². The van der Waals surface area contributed by atoms with Gasteiger partial charge in [0.15, 0.2) is 0 Å². The van der Waals surface area contributed by atoms with Crippen LogP contribution in [0.25, 0.3) is 0 Å². The number of aromatic carboxylic acids is 1. The fraction of sp³-hybridized carbons (Fsp3) is 0.667. The predicted octanol–water partition coefficient (Wildman–Crippen LogP) is 2.99. The number of likely N-dealkylation sites (tertiary alicyclic amines) is 1. The van der Waals surface area contributed by atoms with E-state index in [0.29, 0.717) is 17.9 Å². The molecule has 2 unspecified atom stereocenters. The van der Waals surface area contributed by atoms with Crippen molar-refractivity contribution in [1.82, 2.24) is 4.90 Å². The minimum Gasteiger partial charge on any atom is -0.478 e. The van der Waals surface area contributed by atoms with Crippen LogP contribution in [0.3, 0.4) is 0 Å². The van der Waals surface area contributed by atoms with Crippen molar-refractivity contribution < 1.29 is 14.3 Å². The van der Waals surface area contributed by atoms with Crippen LogP contribution in [0, 0.1) is 11.8 Å². The van der Waals surface area contributed by atoms with Gasteiger partial charge >= 0.3 is 5.97 Å². The maximum atomic E-state index is 11.1. The summed E-state index contributed by atoms with van der Waals surface area (Å²) in [4.78, 5) is 13.4. The Bertz CT molecular complexity index is 454. The Balaban J connectivity index is 1.64.